The number of hydrogen-bond donors (Lipinski definition) is 15. The van der Waals surface area contributed by atoms with Crippen LogP contribution < -0.4 is 76.9 Å². The van der Waals surface area contributed by atoms with E-state index in [-0.39, 0.29) is 107 Å². The van der Waals surface area contributed by atoms with Gasteiger partial charge in [0.1, 0.15) is 54.4 Å². The minimum absolute atomic E-state index is 0.00403. The highest BCUT2D eigenvalue weighted by Gasteiger charge is 2.41. The fourth-order valence-electron chi connectivity index (χ4n) is 9.63. The molecule has 0 aromatic heterocycles. The molecule has 11 atom stereocenters. The number of guanidine groups is 2. The number of carboxylic acids is 1. The highest BCUT2D eigenvalue weighted by atomic mass is 16.4. The van der Waals surface area contributed by atoms with Gasteiger partial charge in [-0.25, -0.2) is 4.79 Å². The van der Waals surface area contributed by atoms with Gasteiger partial charge in [-0.05, 0) is 100 Å². The predicted octanol–water partition coefficient (Wildman–Crippen LogP) is -1.91. The van der Waals surface area contributed by atoms with Crippen molar-refractivity contribution in [1.29, 1.82) is 0 Å². The summed E-state index contributed by atoms with van der Waals surface area (Å²) in [7, 11) is 0. The van der Waals surface area contributed by atoms with E-state index in [1.807, 2.05) is 34.6 Å². The highest BCUT2D eigenvalue weighted by Crippen LogP contribution is 2.23. The van der Waals surface area contributed by atoms with Crippen LogP contribution >= 0.6 is 0 Å². The summed E-state index contributed by atoms with van der Waals surface area (Å²) in [5, 5.41) is 31.0. The van der Waals surface area contributed by atoms with E-state index in [4.69, 9.17) is 34.4 Å². The second-order valence-electron chi connectivity index (χ2n) is 23.6. The number of rotatable bonds is 39. The van der Waals surface area contributed by atoms with Crippen LogP contribution in [-0.2, 0) is 59.2 Å². The fraction of sp³-hybridized carbons (Fsp3) is 0.672. The van der Waals surface area contributed by atoms with Gasteiger partial charge in [0, 0.05) is 32.5 Å². The lowest BCUT2D eigenvalue weighted by atomic mass is 9.96. The van der Waals surface area contributed by atoms with E-state index in [0.717, 1.165) is 0 Å². The summed E-state index contributed by atoms with van der Waals surface area (Å²) in [6.45, 7) is 16.1. The quantitative estimate of drug-likeness (QED) is 0.0194. The van der Waals surface area contributed by atoms with Crippen LogP contribution in [0.25, 0.3) is 0 Å². The zero-order valence-electron chi connectivity index (χ0n) is 52.0. The molecule has 0 spiro atoms. The number of carbonyl (C=O) groups excluding carboxylic acids is 10. The van der Waals surface area contributed by atoms with Crippen molar-refractivity contribution >= 4 is 77.0 Å². The second kappa shape index (κ2) is 38.1. The van der Waals surface area contributed by atoms with E-state index < -0.39 is 138 Å². The van der Waals surface area contributed by atoms with Crippen LogP contribution in [0.3, 0.4) is 0 Å². The summed E-state index contributed by atoms with van der Waals surface area (Å²) in [5.41, 5.74) is 34.6. The van der Waals surface area contributed by atoms with Crippen molar-refractivity contribution in [3.05, 3.63) is 35.9 Å². The lowest BCUT2D eigenvalue weighted by Crippen LogP contribution is -2.61. The third-order valence-corrected chi connectivity index (χ3v) is 14.5. The second-order valence-corrected chi connectivity index (χ2v) is 23.6. The Hall–Kier alpha value is -8.11. The van der Waals surface area contributed by atoms with Crippen LogP contribution in [0.15, 0.2) is 40.3 Å². The van der Waals surface area contributed by atoms with E-state index in [2.05, 4.69) is 52.5 Å². The third-order valence-electron chi connectivity index (χ3n) is 14.5. The minimum atomic E-state index is -1.56. The van der Waals surface area contributed by atoms with E-state index in [0.29, 0.717) is 24.8 Å². The number of nitrogens with zero attached hydrogens (tertiary/aromatic N) is 3. The van der Waals surface area contributed by atoms with Crippen LogP contribution in [0.5, 0.6) is 0 Å². The van der Waals surface area contributed by atoms with Crippen molar-refractivity contribution in [2.75, 3.05) is 19.6 Å². The number of benzene rings is 1. The third kappa shape index (κ3) is 27.9. The summed E-state index contributed by atoms with van der Waals surface area (Å²) >= 11 is 0. The monoisotopic (exact) mass is 1230 g/mol. The maximum absolute atomic E-state index is 14.5. The first-order chi connectivity index (χ1) is 40.8. The van der Waals surface area contributed by atoms with Crippen molar-refractivity contribution in [3.8, 4) is 0 Å². The summed E-state index contributed by atoms with van der Waals surface area (Å²) < 4.78 is 0. The van der Waals surface area contributed by atoms with Crippen LogP contribution in [0.1, 0.15) is 145 Å². The van der Waals surface area contributed by atoms with Gasteiger partial charge in [0.15, 0.2) is 11.9 Å². The first-order valence-electron chi connectivity index (χ1n) is 30.0. The van der Waals surface area contributed by atoms with Crippen molar-refractivity contribution < 1.29 is 57.8 Å². The van der Waals surface area contributed by atoms with Crippen LogP contribution in [0.2, 0.25) is 0 Å². The maximum Gasteiger partial charge on any atom is 0.326 e. The molecular formula is C58H99N17O12. The first-order valence-corrected chi connectivity index (χ1v) is 30.0. The number of nitrogens with two attached hydrogens (primary N) is 6. The number of aliphatic carboxylic acids is 1. The summed E-state index contributed by atoms with van der Waals surface area (Å²) in [6, 6.07) is -3.72. The highest BCUT2D eigenvalue weighted by molar-refractivity contribution is 5.99. The molecule has 0 radical (unpaired) electrons. The lowest BCUT2D eigenvalue weighted by molar-refractivity contribution is -0.145. The standard InChI is InChI=1S/C58H99N17O12/c1-10-34(8)46(55(85)75-26-16-21-44(75)54(84)73-43(56(86)87)29-33(6)7)74-47(77)35(9)67-52(82)41(28-32(4)5)72-51(81)40(22-23-45(60)76)70-50(80)38(19-14-24-65-57(61)62)68-49(79)39(20-15-25-66-58(63)64)69-53(83)42(30-36-17-12-11-13-18-36)71-48(78)37(59)27-31(2)3/h11-13,17-18,31-35,37-44,46H,10,14-16,19-30,59H2,1-9H3,(H2,60,76)(H,67,82)(H,68,79)(H,69,83)(H,70,80)(H,71,78)(H,72,81)(H,73,84)(H,74,77)(H,86,87)(H4,61,62,65)(H4,63,64,66)/t34-,35-,37-,38-,39-,40-,41-,42-,43-,44-,46-/m0/s1. The van der Waals surface area contributed by atoms with Crippen molar-refractivity contribution in [2.24, 2.45) is 68.1 Å². The molecule has 488 valence electrons. The van der Waals surface area contributed by atoms with Gasteiger partial charge in [0.2, 0.25) is 59.1 Å². The molecule has 2 rings (SSSR count). The number of primary amides is 1. The average molecular weight is 1230 g/mol. The molecule has 1 heterocycles. The average Bonchev–Trinajstić information content (AvgIpc) is 2.86. The van der Waals surface area contributed by atoms with E-state index in [9.17, 15) is 57.8 Å². The molecule has 1 aliphatic rings. The molecule has 29 heteroatoms. The van der Waals surface area contributed by atoms with Crippen molar-refractivity contribution in [3.63, 3.8) is 0 Å². The number of carboxylic acid groups (broad SMARTS) is 1. The van der Waals surface area contributed by atoms with Gasteiger partial charge in [-0.1, -0.05) is 92.1 Å². The lowest BCUT2D eigenvalue weighted by Gasteiger charge is -2.32. The Bertz CT molecular complexity index is 2520. The molecular weight excluding hydrogens is 1130 g/mol. The molecule has 1 aromatic carbocycles. The molecule has 0 unspecified atom stereocenters. The van der Waals surface area contributed by atoms with Crippen LogP contribution in [0, 0.1) is 23.7 Å². The fourth-order valence-corrected chi connectivity index (χ4v) is 9.63. The largest absolute Gasteiger partial charge is 0.480 e. The molecule has 1 aromatic rings. The molecule has 0 saturated carbocycles. The Labute approximate surface area is 510 Å². The maximum atomic E-state index is 14.5. The number of likely N-dealkylation sites (tertiary alicyclic amines) is 1. The van der Waals surface area contributed by atoms with Crippen molar-refractivity contribution in [1.82, 2.24) is 47.4 Å². The summed E-state index contributed by atoms with van der Waals surface area (Å²) in [5.74, 6) is -10.1. The Kier molecular flexibility index (Phi) is 32.9. The molecule has 0 aliphatic carbocycles. The van der Waals surface area contributed by atoms with Gasteiger partial charge in [0.25, 0.3) is 0 Å². The molecule has 0 bridgehead atoms. The molecule has 1 aliphatic heterocycles. The van der Waals surface area contributed by atoms with E-state index in [1.165, 1.54) is 11.8 Å². The molecule has 1 saturated heterocycles. The van der Waals surface area contributed by atoms with Gasteiger partial charge in [0.05, 0.1) is 6.04 Å². The van der Waals surface area contributed by atoms with Crippen LogP contribution in [-0.4, -0.2) is 167 Å². The molecule has 21 N–H and O–H groups in total. The number of nitrogens with one attached hydrogen (secondary N) is 8. The zero-order chi connectivity index (χ0) is 65.7. The molecule has 87 heavy (non-hydrogen) atoms. The summed E-state index contributed by atoms with van der Waals surface area (Å²) in [4.78, 5) is 160. The number of aliphatic imine (C=N–C) groups is 2. The first kappa shape index (κ1) is 75.0. The molecule has 29 nitrogen and oxygen atoms in total. The van der Waals surface area contributed by atoms with Crippen molar-refractivity contribution in [2.45, 2.75) is 206 Å². The number of carbonyl (C=O) groups is 11. The van der Waals surface area contributed by atoms with Gasteiger partial charge in [-0.3, -0.25) is 57.9 Å². The SMILES string of the molecule is CC[C@H](C)[C@H](NC(=O)[C@H](C)NC(=O)[C@H](CC(C)C)NC(=O)[C@H](CCC(N)=O)NC(=O)[C@H](CCCN=C(N)N)NC(=O)[C@H](CCCN=C(N)N)NC(=O)[C@H](Cc1ccccc1)NC(=O)[C@@H](N)CC(C)C)C(=O)N1CCC[C@H]1C(=O)N[C@@H](CC(C)C)C(=O)O. The predicted molar refractivity (Wildman–Crippen MR) is 328 cm³/mol. The van der Waals surface area contributed by atoms with Gasteiger partial charge < -0.3 is 86.9 Å². The smallest absolute Gasteiger partial charge is 0.326 e. The Morgan fingerprint density at radius 2 is 1.02 bits per heavy atom. The van der Waals surface area contributed by atoms with Crippen LogP contribution in [0.4, 0.5) is 0 Å². The Morgan fingerprint density at radius 1 is 0.563 bits per heavy atom. The minimum Gasteiger partial charge on any atom is -0.480 e. The normalized spacial score (nSPS) is 16.4. The Balaban J connectivity index is 2.47. The number of amides is 10. The molecule has 10 amide bonds. The summed E-state index contributed by atoms with van der Waals surface area (Å²) in [6.07, 6.45) is 0.877. The van der Waals surface area contributed by atoms with Gasteiger partial charge in [-0.2, -0.15) is 0 Å². The molecule has 1 fully saturated rings. The van der Waals surface area contributed by atoms with Gasteiger partial charge in [-0.15, -0.1) is 0 Å². The topological polar surface area (TPSA) is 488 Å². The van der Waals surface area contributed by atoms with E-state index >= 15 is 0 Å². The van der Waals surface area contributed by atoms with Gasteiger partial charge >= 0.3 is 5.97 Å². The van der Waals surface area contributed by atoms with E-state index in [1.54, 1.807) is 51.1 Å². The Morgan fingerprint density at radius 3 is 1.49 bits per heavy atom. The zero-order valence-corrected chi connectivity index (χ0v) is 52.0. The number of hydrogen-bond acceptors (Lipinski definition) is 14.